The molecule has 1 aliphatic heterocycles. The number of aromatic nitrogens is 2. The molecule has 3 N–H and O–H groups in total. The van der Waals surface area contributed by atoms with E-state index in [1.54, 1.807) is 25.2 Å². The molecule has 3 heterocycles. The number of anilines is 1. The van der Waals surface area contributed by atoms with Gasteiger partial charge in [-0.05, 0) is 23.8 Å². The van der Waals surface area contributed by atoms with Gasteiger partial charge in [0, 0.05) is 19.2 Å². The third-order valence-electron chi connectivity index (χ3n) is 5.50. The first-order valence-electron chi connectivity index (χ1n) is 10.6. The normalized spacial score (nSPS) is 17.5. The van der Waals surface area contributed by atoms with Crippen molar-refractivity contribution < 1.29 is 28.6 Å². The number of benzene rings is 1. The van der Waals surface area contributed by atoms with Crippen molar-refractivity contribution in [2.24, 2.45) is 0 Å². The number of nitrogens with one attached hydrogen (secondary N) is 2. The van der Waals surface area contributed by atoms with Crippen LogP contribution in [0.4, 0.5) is 19.8 Å². The monoisotopic (exact) mass is 469 g/mol. The van der Waals surface area contributed by atoms with Crippen molar-refractivity contribution in [1.82, 2.24) is 19.8 Å². The van der Waals surface area contributed by atoms with Gasteiger partial charge in [0.2, 0.25) is 5.91 Å². The minimum Gasteiger partial charge on any atom is -0.465 e. The maximum Gasteiger partial charge on any atom is 0.410 e. The van der Waals surface area contributed by atoms with Gasteiger partial charge >= 0.3 is 12.2 Å². The number of hydrogen-bond donors (Lipinski definition) is 3. The topological polar surface area (TPSA) is 128 Å². The number of likely N-dealkylation sites (tertiary alicyclic amines) is 1. The third-order valence-corrected chi connectivity index (χ3v) is 5.50. The van der Waals surface area contributed by atoms with E-state index in [2.05, 4.69) is 15.3 Å². The van der Waals surface area contributed by atoms with Crippen LogP contribution in [-0.2, 0) is 22.7 Å². The molecule has 2 aromatic heterocycles. The largest absolute Gasteiger partial charge is 0.465 e. The first-order valence-corrected chi connectivity index (χ1v) is 10.6. The Morgan fingerprint density at radius 3 is 2.76 bits per heavy atom. The van der Waals surface area contributed by atoms with Gasteiger partial charge in [0.15, 0.2) is 0 Å². The minimum atomic E-state index is -1.38. The van der Waals surface area contributed by atoms with Crippen molar-refractivity contribution in [3.05, 3.63) is 59.8 Å². The number of ether oxygens (including phenoxy) is 1. The Morgan fingerprint density at radius 1 is 1.26 bits per heavy atom. The maximum absolute atomic E-state index is 13.6. The molecule has 178 valence electrons. The fraction of sp³-hybridized carbons (Fsp3) is 0.304. The lowest BCUT2D eigenvalue weighted by atomic mass is 10.2. The highest BCUT2D eigenvalue weighted by Gasteiger charge is 2.40. The number of aromatic amines is 1. The zero-order valence-corrected chi connectivity index (χ0v) is 18.4. The van der Waals surface area contributed by atoms with Gasteiger partial charge < -0.3 is 25.0 Å². The predicted molar refractivity (Wildman–Crippen MR) is 121 cm³/mol. The number of fused-ring (bicyclic) bond motifs is 1. The van der Waals surface area contributed by atoms with Crippen LogP contribution in [0.2, 0.25) is 0 Å². The molecular weight excluding hydrogens is 445 g/mol. The fourth-order valence-corrected chi connectivity index (χ4v) is 3.82. The van der Waals surface area contributed by atoms with Crippen molar-refractivity contribution in [3.8, 4) is 0 Å². The lowest BCUT2D eigenvalue weighted by Crippen LogP contribution is -2.42. The second-order valence-electron chi connectivity index (χ2n) is 8.09. The van der Waals surface area contributed by atoms with Crippen LogP contribution in [0, 0.1) is 0 Å². The highest BCUT2D eigenvalue weighted by Crippen LogP contribution is 2.23. The molecule has 3 amide bonds. The average Bonchev–Trinajstić information content (AvgIpc) is 3.40. The molecule has 0 spiro atoms. The molecule has 1 fully saturated rings. The Balaban J connectivity index is 1.37. The lowest BCUT2D eigenvalue weighted by molar-refractivity contribution is -0.120. The number of carboxylic acid groups (broad SMARTS) is 1. The molecule has 11 heteroatoms. The van der Waals surface area contributed by atoms with Gasteiger partial charge in [-0.2, -0.15) is 0 Å². The number of nitrogens with zero attached hydrogens (tertiary/aromatic N) is 3. The Bertz CT molecular complexity index is 1200. The fourth-order valence-electron chi connectivity index (χ4n) is 3.82. The Labute approximate surface area is 194 Å². The summed E-state index contributed by atoms with van der Waals surface area (Å²) in [5, 5.41) is 11.7. The quantitative estimate of drug-likeness (QED) is 0.508. The molecule has 0 aliphatic carbocycles. The van der Waals surface area contributed by atoms with Crippen molar-refractivity contribution in [2.75, 3.05) is 18.9 Å². The molecule has 0 saturated carbocycles. The molecule has 1 saturated heterocycles. The predicted octanol–water partition coefficient (Wildman–Crippen LogP) is 3.36. The third kappa shape index (κ3) is 5.25. The Hall–Kier alpha value is -4.15. The van der Waals surface area contributed by atoms with E-state index >= 15 is 0 Å². The lowest BCUT2D eigenvalue weighted by Gasteiger charge is -2.19. The number of carbonyl (C=O) groups excluding carboxylic acids is 2. The molecule has 0 bridgehead atoms. The number of hydrogen-bond acceptors (Lipinski definition) is 5. The van der Waals surface area contributed by atoms with E-state index < -0.39 is 30.3 Å². The van der Waals surface area contributed by atoms with Crippen LogP contribution in [-0.4, -0.2) is 68.8 Å². The van der Waals surface area contributed by atoms with E-state index in [1.807, 2.05) is 30.3 Å². The zero-order chi connectivity index (χ0) is 24.2. The number of alkyl halides is 1. The summed E-state index contributed by atoms with van der Waals surface area (Å²) in [6, 6.07) is 13.3. The highest BCUT2D eigenvalue weighted by atomic mass is 19.1. The summed E-state index contributed by atoms with van der Waals surface area (Å²) in [7, 11) is 1.62. The molecule has 10 nitrogen and oxygen atoms in total. The Morgan fingerprint density at radius 2 is 2.03 bits per heavy atom. The van der Waals surface area contributed by atoms with E-state index in [4.69, 9.17) is 4.74 Å². The first kappa shape index (κ1) is 23.0. The summed E-state index contributed by atoms with van der Waals surface area (Å²) in [5.41, 5.74) is 2.83. The Kier molecular flexibility index (Phi) is 6.62. The molecule has 34 heavy (non-hydrogen) atoms. The van der Waals surface area contributed by atoms with Gasteiger partial charge in [-0.15, -0.1) is 0 Å². The van der Waals surface area contributed by atoms with Crippen LogP contribution in [0.1, 0.15) is 17.7 Å². The van der Waals surface area contributed by atoms with Crippen molar-refractivity contribution in [3.63, 3.8) is 0 Å². The first-order chi connectivity index (χ1) is 16.3. The number of rotatable bonds is 6. The standard InChI is InChI=1S/C23H24FN5O5/c1-28(23(33)34-13-14-5-3-2-4-6-14)12-16-10-18-17(25-16)7-8-20(26-18)27-21(30)19-9-15(24)11-29(19)22(31)32/h2-8,10,15,19,25H,9,11-13H2,1H3,(H,31,32)(H,26,27,30)/t15-,19-/m1/s1. The summed E-state index contributed by atoms with van der Waals surface area (Å²) < 4.78 is 19.0. The van der Waals surface area contributed by atoms with Crippen LogP contribution in [0.5, 0.6) is 0 Å². The molecular formula is C23H24FN5O5. The molecule has 3 aromatic rings. The smallest absolute Gasteiger partial charge is 0.410 e. The number of H-pyrrole nitrogens is 1. The SMILES string of the molecule is CN(Cc1cc2nc(NC(=O)[C@H]3C[C@@H](F)CN3C(=O)O)ccc2[nH]1)C(=O)OCc1ccccc1. The van der Waals surface area contributed by atoms with Gasteiger partial charge in [0.25, 0.3) is 0 Å². The summed E-state index contributed by atoms with van der Waals surface area (Å²) in [4.78, 5) is 45.8. The molecule has 4 rings (SSSR count). The maximum atomic E-state index is 13.6. The van der Waals surface area contributed by atoms with Gasteiger partial charge in [0.1, 0.15) is 24.6 Å². The number of pyridine rings is 1. The van der Waals surface area contributed by atoms with Crippen LogP contribution < -0.4 is 5.32 Å². The highest BCUT2D eigenvalue weighted by molar-refractivity contribution is 5.97. The molecule has 1 aromatic carbocycles. The zero-order valence-electron chi connectivity index (χ0n) is 18.4. The number of carbonyl (C=O) groups is 3. The van der Waals surface area contributed by atoms with Gasteiger partial charge in [0.05, 0.1) is 24.1 Å². The summed E-state index contributed by atoms with van der Waals surface area (Å²) in [6.07, 6.45) is -3.40. The summed E-state index contributed by atoms with van der Waals surface area (Å²) in [6.45, 7) is 0.0896. The van der Waals surface area contributed by atoms with Crippen LogP contribution in [0.3, 0.4) is 0 Å². The van der Waals surface area contributed by atoms with Gasteiger partial charge in [-0.1, -0.05) is 30.3 Å². The van der Waals surface area contributed by atoms with Gasteiger partial charge in [-0.3, -0.25) is 9.69 Å². The summed E-state index contributed by atoms with van der Waals surface area (Å²) >= 11 is 0. The van der Waals surface area contributed by atoms with E-state index in [0.29, 0.717) is 16.7 Å². The molecule has 2 atom stereocenters. The van der Waals surface area contributed by atoms with Crippen molar-refractivity contribution in [1.29, 1.82) is 0 Å². The summed E-state index contributed by atoms with van der Waals surface area (Å²) in [5.74, 6) is -0.419. The van der Waals surface area contributed by atoms with Crippen LogP contribution in [0.15, 0.2) is 48.5 Å². The van der Waals surface area contributed by atoms with Crippen LogP contribution in [0.25, 0.3) is 11.0 Å². The van der Waals surface area contributed by atoms with Crippen molar-refractivity contribution in [2.45, 2.75) is 31.8 Å². The number of halogens is 1. The second-order valence-corrected chi connectivity index (χ2v) is 8.09. The molecule has 0 radical (unpaired) electrons. The van der Waals surface area contributed by atoms with E-state index in [9.17, 15) is 23.9 Å². The van der Waals surface area contributed by atoms with Gasteiger partial charge in [-0.25, -0.2) is 19.0 Å². The van der Waals surface area contributed by atoms with Crippen LogP contribution >= 0.6 is 0 Å². The minimum absolute atomic E-state index is 0.171. The van der Waals surface area contributed by atoms with E-state index in [0.717, 1.165) is 10.5 Å². The van der Waals surface area contributed by atoms with E-state index in [1.165, 1.54) is 4.90 Å². The number of amides is 3. The van der Waals surface area contributed by atoms with E-state index in [-0.39, 0.29) is 31.9 Å². The van der Waals surface area contributed by atoms with Crippen molar-refractivity contribution >= 4 is 34.9 Å². The second kappa shape index (κ2) is 9.77. The average molecular weight is 469 g/mol. The molecule has 0 unspecified atom stereocenters. The molecule has 1 aliphatic rings.